The SMILES string of the molecule is Nc1nn(CCCO)cc1Cl. The van der Waals surface area contributed by atoms with E-state index in [-0.39, 0.29) is 6.61 Å². The normalized spacial score (nSPS) is 10.4. The van der Waals surface area contributed by atoms with Crippen molar-refractivity contribution in [2.24, 2.45) is 0 Å². The number of aliphatic hydroxyl groups excluding tert-OH is 1. The highest BCUT2D eigenvalue weighted by Crippen LogP contribution is 2.14. The first-order valence-electron chi connectivity index (χ1n) is 3.33. The molecular formula is C6H10ClN3O. The van der Waals surface area contributed by atoms with Gasteiger partial charge in [0.05, 0.1) is 0 Å². The van der Waals surface area contributed by atoms with Gasteiger partial charge in [-0.3, -0.25) is 4.68 Å². The van der Waals surface area contributed by atoms with Crippen LogP contribution in [0.15, 0.2) is 6.20 Å². The summed E-state index contributed by atoms with van der Waals surface area (Å²) in [4.78, 5) is 0. The van der Waals surface area contributed by atoms with Crippen molar-refractivity contribution >= 4 is 17.4 Å². The summed E-state index contributed by atoms with van der Waals surface area (Å²) in [6, 6.07) is 0. The van der Waals surface area contributed by atoms with Crippen molar-refractivity contribution in [1.82, 2.24) is 9.78 Å². The van der Waals surface area contributed by atoms with Gasteiger partial charge in [0.2, 0.25) is 0 Å². The first-order valence-corrected chi connectivity index (χ1v) is 3.71. The molecule has 1 heterocycles. The van der Waals surface area contributed by atoms with E-state index >= 15 is 0 Å². The monoisotopic (exact) mass is 175 g/mol. The minimum Gasteiger partial charge on any atom is -0.396 e. The third-order valence-corrected chi connectivity index (χ3v) is 1.58. The van der Waals surface area contributed by atoms with Crippen LogP contribution in [0.2, 0.25) is 5.02 Å². The fraction of sp³-hybridized carbons (Fsp3) is 0.500. The molecule has 1 aromatic rings. The predicted molar refractivity (Wildman–Crippen MR) is 43.4 cm³/mol. The highest BCUT2D eigenvalue weighted by molar-refractivity contribution is 6.32. The van der Waals surface area contributed by atoms with Crippen LogP contribution in [0.25, 0.3) is 0 Å². The van der Waals surface area contributed by atoms with E-state index in [1.807, 2.05) is 0 Å². The molecule has 0 radical (unpaired) electrons. The Morgan fingerprint density at radius 3 is 2.91 bits per heavy atom. The van der Waals surface area contributed by atoms with Crippen LogP contribution in [0.4, 0.5) is 5.82 Å². The van der Waals surface area contributed by atoms with Crippen LogP contribution in [0.3, 0.4) is 0 Å². The highest BCUT2D eigenvalue weighted by atomic mass is 35.5. The maximum atomic E-state index is 8.50. The topological polar surface area (TPSA) is 64.1 Å². The zero-order valence-corrected chi connectivity index (χ0v) is 6.75. The number of nitrogens with two attached hydrogens (primary N) is 1. The van der Waals surface area contributed by atoms with Crippen LogP contribution in [-0.4, -0.2) is 21.5 Å². The number of hydrogen-bond acceptors (Lipinski definition) is 3. The number of aromatic nitrogens is 2. The number of aliphatic hydroxyl groups is 1. The van der Waals surface area contributed by atoms with E-state index in [0.717, 1.165) is 0 Å². The molecule has 1 aromatic heterocycles. The Balaban J connectivity index is 2.58. The van der Waals surface area contributed by atoms with Crippen LogP contribution in [0.5, 0.6) is 0 Å². The van der Waals surface area contributed by atoms with Gasteiger partial charge < -0.3 is 10.8 Å². The van der Waals surface area contributed by atoms with Crippen molar-refractivity contribution in [3.8, 4) is 0 Å². The van der Waals surface area contributed by atoms with E-state index in [0.29, 0.717) is 23.8 Å². The van der Waals surface area contributed by atoms with Gasteiger partial charge >= 0.3 is 0 Å². The van der Waals surface area contributed by atoms with Crippen molar-refractivity contribution in [2.75, 3.05) is 12.3 Å². The van der Waals surface area contributed by atoms with E-state index in [9.17, 15) is 0 Å². The summed E-state index contributed by atoms with van der Waals surface area (Å²) in [5.41, 5.74) is 5.39. The van der Waals surface area contributed by atoms with Crippen LogP contribution in [-0.2, 0) is 6.54 Å². The molecule has 0 fully saturated rings. The van der Waals surface area contributed by atoms with Crippen molar-refractivity contribution in [2.45, 2.75) is 13.0 Å². The number of aryl methyl sites for hydroxylation is 1. The summed E-state index contributed by atoms with van der Waals surface area (Å²) in [5, 5.41) is 12.9. The average molecular weight is 176 g/mol. The van der Waals surface area contributed by atoms with Gasteiger partial charge in [-0.15, -0.1) is 0 Å². The first-order chi connectivity index (χ1) is 5.24. The summed E-state index contributed by atoms with van der Waals surface area (Å²) >= 11 is 5.64. The number of nitrogens with zero attached hydrogens (tertiary/aromatic N) is 2. The standard InChI is InChI=1S/C6H10ClN3O/c7-5-4-10(2-1-3-11)9-6(5)8/h4,11H,1-3H2,(H2,8,9). The Hall–Kier alpha value is -0.740. The minimum atomic E-state index is 0.150. The van der Waals surface area contributed by atoms with E-state index < -0.39 is 0 Å². The Labute approximate surface area is 69.6 Å². The van der Waals surface area contributed by atoms with Crippen LogP contribution < -0.4 is 5.73 Å². The molecule has 0 saturated carbocycles. The Morgan fingerprint density at radius 2 is 2.45 bits per heavy atom. The minimum absolute atomic E-state index is 0.150. The molecule has 1 rings (SSSR count). The van der Waals surface area contributed by atoms with Gasteiger partial charge in [-0.2, -0.15) is 5.10 Å². The summed E-state index contributed by atoms with van der Waals surface area (Å²) in [7, 11) is 0. The fourth-order valence-electron chi connectivity index (χ4n) is 0.759. The lowest BCUT2D eigenvalue weighted by molar-refractivity contribution is 0.277. The summed E-state index contributed by atoms with van der Waals surface area (Å²) in [6.07, 6.45) is 2.31. The lowest BCUT2D eigenvalue weighted by atomic mass is 10.5. The molecule has 0 aromatic carbocycles. The molecule has 3 N–H and O–H groups in total. The van der Waals surface area contributed by atoms with Gasteiger partial charge in [0.15, 0.2) is 5.82 Å². The molecule has 0 aliphatic carbocycles. The molecule has 4 nitrogen and oxygen atoms in total. The molecule has 0 bridgehead atoms. The second-order valence-electron chi connectivity index (χ2n) is 2.20. The molecular weight excluding hydrogens is 166 g/mol. The fourth-order valence-corrected chi connectivity index (χ4v) is 0.910. The Bertz CT molecular complexity index is 216. The van der Waals surface area contributed by atoms with Gasteiger partial charge in [0.1, 0.15) is 5.02 Å². The summed E-state index contributed by atoms with van der Waals surface area (Å²) < 4.78 is 1.62. The first kappa shape index (κ1) is 8.36. The smallest absolute Gasteiger partial charge is 0.164 e. The second-order valence-corrected chi connectivity index (χ2v) is 2.61. The van der Waals surface area contributed by atoms with Crippen molar-refractivity contribution in [3.05, 3.63) is 11.2 Å². The van der Waals surface area contributed by atoms with E-state index in [4.69, 9.17) is 22.4 Å². The Kier molecular flexibility index (Phi) is 2.73. The Morgan fingerprint density at radius 1 is 1.73 bits per heavy atom. The molecule has 0 spiro atoms. The lowest BCUT2D eigenvalue weighted by Crippen LogP contribution is -2.01. The number of hydrogen-bond donors (Lipinski definition) is 2. The molecule has 0 atom stereocenters. The number of rotatable bonds is 3. The molecule has 0 amide bonds. The third kappa shape index (κ3) is 2.10. The number of nitrogen functional groups attached to an aromatic ring is 1. The molecule has 0 unspecified atom stereocenters. The second kappa shape index (κ2) is 3.59. The van der Waals surface area contributed by atoms with E-state index in [1.54, 1.807) is 10.9 Å². The average Bonchev–Trinajstić information content (AvgIpc) is 2.28. The van der Waals surface area contributed by atoms with Crippen molar-refractivity contribution in [1.29, 1.82) is 0 Å². The number of halogens is 1. The van der Waals surface area contributed by atoms with Gasteiger partial charge in [-0.05, 0) is 6.42 Å². The maximum absolute atomic E-state index is 8.50. The molecule has 0 saturated heterocycles. The highest BCUT2D eigenvalue weighted by Gasteiger charge is 2.00. The molecule has 11 heavy (non-hydrogen) atoms. The molecule has 0 aliphatic rings. The van der Waals surface area contributed by atoms with Gasteiger partial charge in [0.25, 0.3) is 0 Å². The molecule has 62 valence electrons. The van der Waals surface area contributed by atoms with Crippen molar-refractivity contribution in [3.63, 3.8) is 0 Å². The zero-order valence-electron chi connectivity index (χ0n) is 6.00. The number of anilines is 1. The molecule has 5 heteroatoms. The van der Waals surface area contributed by atoms with Gasteiger partial charge in [-0.25, -0.2) is 0 Å². The quantitative estimate of drug-likeness (QED) is 0.703. The van der Waals surface area contributed by atoms with Gasteiger partial charge in [-0.1, -0.05) is 11.6 Å². The third-order valence-electron chi connectivity index (χ3n) is 1.29. The predicted octanol–water partition coefficient (Wildman–Crippen LogP) is 0.501. The summed E-state index contributed by atoms with van der Waals surface area (Å²) in [5.74, 6) is 0.338. The largest absolute Gasteiger partial charge is 0.396 e. The zero-order chi connectivity index (χ0) is 8.27. The van der Waals surface area contributed by atoms with Crippen LogP contribution in [0.1, 0.15) is 6.42 Å². The molecule has 0 aliphatic heterocycles. The summed E-state index contributed by atoms with van der Waals surface area (Å²) in [6.45, 7) is 0.796. The van der Waals surface area contributed by atoms with Gasteiger partial charge in [0, 0.05) is 19.3 Å². The lowest BCUT2D eigenvalue weighted by Gasteiger charge is -1.95. The van der Waals surface area contributed by atoms with E-state index in [2.05, 4.69) is 5.10 Å². The van der Waals surface area contributed by atoms with Crippen LogP contribution >= 0.6 is 11.6 Å². The van der Waals surface area contributed by atoms with Crippen LogP contribution in [0, 0.1) is 0 Å². The van der Waals surface area contributed by atoms with E-state index in [1.165, 1.54) is 0 Å². The maximum Gasteiger partial charge on any atom is 0.164 e. The van der Waals surface area contributed by atoms with Crippen molar-refractivity contribution < 1.29 is 5.11 Å².